The van der Waals surface area contributed by atoms with Gasteiger partial charge in [-0.3, -0.25) is 4.98 Å². The molecule has 2 rings (SSSR count). The van der Waals surface area contributed by atoms with Crippen molar-refractivity contribution >= 4 is 17.4 Å². The molecule has 0 fully saturated rings. The molecule has 0 saturated heterocycles. The molecule has 6 nitrogen and oxygen atoms in total. The molecular weight excluding hydrogens is 330 g/mol. The summed E-state index contributed by atoms with van der Waals surface area (Å²) in [4.78, 5) is 16.7. The van der Waals surface area contributed by atoms with Crippen molar-refractivity contribution in [2.75, 3.05) is 24.4 Å². The van der Waals surface area contributed by atoms with Gasteiger partial charge in [-0.1, -0.05) is 32.0 Å². The van der Waals surface area contributed by atoms with E-state index in [-0.39, 0.29) is 12.1 Å². The number of carbonyl (C=O) groups excluding carboxylic acids is 1. The molecule has 2 N–H and O–H groups in total. The predicted molar refractivity (Wildman–Crippen MR) is 104 cm³/mol. The molecule has 0 aliphatic carbocycles. The van der Waals surface area contributed by atoms with Gasteiger partial charge < -0.3 is 20.1 Å². The normalized spacial score (nSPS) is 11.9. The van der Waals surface area contributed by atoms with Crippen LogP contribution in [0.4, 0.5) is 16.2 Å². The highest BCUT2D eigenvalue weighted by Gasteiger charge is 2.14. The number of benzene rings is 1. The molecule has 0 saturated carbocycles. The molecule has 0 bridgehead atoms. The van der Waals surface area contributed by atoms with Gasteiger partial charge in [-0.25, -0.2) is 4.79 Å². The quantitative estimate of drug-likeness (QED) is 0.761. The third-order valence-electron chi connectivity index (χ3n) is 3.81. The van der Waals surface area contributed by atoms with E-state index in [9.17, 15) is 4.79 Å². The Labute approximate surface area is 154 Å². The number of carbonyl (C=O) groups is 1. The zero-order chi connectivity index (χ0) is 19.1. The van der Waals surface area contributed by atoms with Crippen molar-refractivity contribution in [2.24, 2.45) is 0 Å². The first kappa shape index (κ1) is 19.7. The summed E-state index contributed by atoms with van der Waals surface area (Å²) in [5, 5.41) is 5.72. The third kappa shape index (κ3) is 5.46. The van der Waals surface area contributed by atoms with Crippen LogP contribution in [0.1, 0.15) is 37.9 Å². The van der Waals surface area contributed by atoms with Gasteiger partial charge >= 0.3 is 6.03 Å². The highest BCUT2D eigenvalue weighted by Crippen LogP contribution is 2.27. The lowest BCUT2D eigenvalue weighted by molar-refractivity contribution is 0.0924. The number of amides is 2. The van der Waals surface area contributed by atoms with Gasteiger partial charge in [-0.2, -0.15) is 0 Å². The van der Waals surface area contributed by atoms with E-state index in [1.54, 1.807) is 19.4 Å². The molecule has 2 amide bonds. The van der Waals surface area contributed by atoms with E-state index in [1.165, 1.54) is 0 Å². The second-order valence-corrected chi connectivity index (χ2v) is 6.53. The highest BCUT2D eigenvalue weighted by molar-refractivity contribution is 6.01. The molecule has 1 heterocycles. The number of nitrogens with zero attached hydrogens (tertiary/aromatic N) is 1. The summed E-state index contributed by atoms with van der Waals surface area (Å²) in [6.45, 7) is 8.41. The Morgan fingerprint density at radius 1 is 1.15 bits per heavy atom. The van der Waals surface area contributed by atoms with Crippen molar-refractivity contribution in [3.8, 4) is 5.75 Å². The molecular formula is C20H27N3O3. The monoisotopic (exact) mass is 357 g/mol. The number of rotatable bonds is 7. The summed E-state index contributed by atoms with van der Waals surface area (Å²) < 4.78 is 11.0. The number of hydrogen-bond acceptors (Lipinski definition) is 4. The zero-order valence-electron chi connectivity index (χ0n) is 16.0. The minimum atomic E-state index is -0.340. The molecule has 0 radical (unpaired) electrons. The van der Waals surface area contributed by atoms with E-state index in [4.69, 9.17) is 9.47 Å². The van der Waals surface area contributed by atoms with Crippen LogP contribution >= 0.6 is 0 Å². The van der Waals surface area contributed by atoms with Crippen molar-refractivity contribution in [2.45, 2.75) is 39.7 Å². The van der Waals surface area contributed by atoms with Crippen LogP contribution in [0.2, 0.25) is 0 Å². The van der Waals surface area contributed by atoms with Crippen molar-refractivity contribution in [3.63, 3.8) is 0 Å². The maximum atomic E-state index is 12.5. The maximum absolute atomic E-state index is 12.5. The average molecular weight is 357 g/mol. The van der Waals surface area contributed by atoms with Gasteiger partial charge in [0.15, 0.2) is 0 Å². The number of methoxy groups -OCH3 is 1. The van der Waals surface area contributed by atoms with Crippen LogP contribution in [0.15, 0.2) is 36.5 Å². The summed E-state index contributed by atoms with van der Waals surface area (Å²) in [6.07, 6.45) is 1.45. The smallest absolute Gasteiger partial charge is 0.323 e. The number of aryl methyl sites for hydroxylation is 1. The largest absolute Gasteiger partial charge is 0.486 e. The van der Waals surface area contributed by atoms with Crippen molar-refractivity contribution in [1.29, 1.82) is 0 Å². The van der Waals surface area contributed by atoms with Gasteiger partial charge in [0.1, 0.15) is 17.5 Å². The SMILES string of the molecule is COCC(C)Oc1cc(C)ncc1NC(=O)Nc1ccccc1C(C)C. The molecule has 1 aromatic carbocycles. The predicted octanol–water partition coefficient (Wildman–Crippen LogP) is 4.57. The lowest BCUT2D eigenvalue weighted by atomic mass is 10.0. The van der Waals surface area contributed by atoms with Gasteiger partial charge in [-0.05, 0) is 31.4 Å². The molecule has 26 heavy (non-hydrogen) atoms. The van der Waals surface area contributed by atoms with Gasteiger partial charge in [0.2, 0.25) is 0 Å². The van der Waals surface area contributed by atoms with Crippen LogP contribution in [0.3, 0.4) is 0 Å². The first-order chi connectivity index (χ1) is 12.4. The van der Waals surface area contributed by atoms with Crippen LogP contribution in [0, 0.1) is 6.92 Å². The van der Waals surface area contributed by atoms with Crippen LogP contribution in [-0.2, 0) is 4.74 Å². The number of ether oxygens (including phenoxy) is 2. The first-order valence-electron chi connectivity index (χ1n) is 8.70. The Morgan fingerprint density at radius 3 is 2.54 bits per heavy atom. The van der Waals surface area contributed by atoms with Gasteiger partial charge in [0.25, 0.3) is 0 Å². The second-order valence-electron chi connectivity index (χ2n) is 6.53. The highest BCUT2D eigenvalue weighted by atomic mass is 16.5. The third-order valence-corrected chi connectivity index (χ3v) is 3.81. The standard InChI is InChI=1S/C20H27N3O3/c1-13(2)16-8-6-7-9-17(16)22-20(24)23-18-11-21-14(3)10-19(18)26-15(4)12-25-5/h6-11,13,15H,12H2,1-5H3,(H2,22,23,24). The molecule has 1 aromatic heterocycles. The molecule has 140 valence electrons. The lowest BCUT2D eigenvalue weighted by Crippen LogP contribution is -2.23. The minimum Gasteiger partial charge on any atom is -0.486 e. The number of para-hydroxylation sites is 1. The van der Waals surface area contributed by atoms with Crippen molar-refractivity contribution < 1.29 is 14.3 Å². The molecule has 2 aromatic rings. The topological polar surface area (TPSA) is 72.5 Å². The van der Waals surface area contributed by atoms with E-state index >= 15 is 0 Å². The second kappa shape index (κ2) is 9.20. The molecule has 0 spiro atoms. The first-order valence-corrected chi connectivity index (χ1v) is 8.70. The number of hydrogen-bond donors (Lipinski definition) is 2. The molecule has 6 heteroatoms. The van der Waals surface area contributed by atoms with E-state index in [1.807, 2.05) is 38.1 Å². The van der Waals surface area contributed by atoms with Crippen molar-refractivity contribution in [3.05, 3.63) is 47.8 Å². The van der Waals surface area contributed by atoms with Gasteiger partial charge in [0, 0.05) is 24.6 Å². The summed E-state index contributed by atoms with van der Waals surface area (Å²) >= 11 is 0. The Bertz CT molecular complexity index is 747. The number of nitrogens with one attached hydrogen (secondary N) is 2. The number of anilines is 2. The fourth-order valence-corrected chi connectivity index (χ4v) is 2.60. The van der Waals surface area contributed by atoms with Crippen LogP contribution in [0.5, 0.6) is 5.75 Å². The Morgan fingerprint density at radius 2 is 1.85 bits per heavy atom. The molecule has 1 atom stereocenters. The summed E-state index contributed by atoms with van der Waals surface area (Å²) in [6, 6.07) is 9.22. The van der Waals surface area contributed by atoms with Crippen molar-refractivity contribution in [1.82, 2.24) is 4.98 Å². The molecule has 1 unspecified atom stereocenters. The van der Waals surface area contributed by atoms with Crippen LogP contribution in [-0.4, -0.2) is 30.8 Å². The summed E-state index contributed by atoms with van der Waals surface area (Å²) in [5.74, 6) is 0.871. The van der Waals surface area contributed by atoms with E-state index in [2.05, 4.69) is 29.5 Å². The molecule has 0 aliphatic rings. The Kier molecular flexibility index (Phi) is 6.97. The number of aromatic nitrogens is 1. The summed E-state index contributed by atoms with van der Waals surface area (Å²) in [5.41, 5.74) is 3.18. The van der Waals surface area contributed by atoms with E-state index < -0.39 is 0 Å². The fourth-order valence-electron chi connectivity index (χ4n) is 2.60. The average Bonchev–Trinajstić information content (AvgIpc) is 2.58. The Hall–Kier alpha value is -2.60. The van der Waals surface area contributed by atoms with Crippen LogP contribution < -0.4 is 15.4 Å². The lowest BCUT2D eigenvalue weighted by Gasteiger charge is -2.18. The number of pyridine rings is 1. The van der Waals surface area contributed by atoms with Gasteiger partial charge in [-0.15, -0.1) is 0 Å². The van der Waals surface area contributed by atoms with Crippen LogP contribution in [0.25, 0.3) is 0 Å². The van der Waals surface area contributed by atoms with Gasteiger partial charge in [0.05, 0.1) is 12.8 Å². The zero-order valence-corrected chi connectivity index (χ0v) is 16.0. The maximum Gasteiger partial charge on any atom is 0.323 e. The number of urea groups is 1. The fraction of sp³-hybridized carbons (Fsp3) is 0.400. The molecule has 0 aliphatic heterocycles. The van der Waals surface area contributed by atoms with E-state index in [0.717, 1.165) is 16.9 Å². The minimum absolute atomic E-state index is 0.146. The van der Waals surface area contributed by atoms with E-state index in [0.29, 0.717) is 24.0 Å². The Balaban J connectivity index is 2.14. The summed E-state index contributed by atoms with van der Waals surface area (Å²) in [7, 11) is 1.62.